The number of nitrogen functional groups attached to an aromatic ring is 1. The van der Waals surface area contributed by atoms with Gasteiger partial charge in [-0.05, 0) is 35.7 Å². The molecule has 0 aliphatic heterocycles. The summed E-state index contributed by atoms with van der Waals surface area (Å²) in [5.74, 6) is 0.803. The maximum absolute atomic E-state index is 5.67. The molecule has 0 spiro atoms. The Kier molecular flexibility index (Phi) is 3.64. The van der Waals surface area contributed by atoms with Crippen LogP contribution in [0.4, 0.5) is 5.69 Å². The van der Waals surface area contributed by atoms with Crippen molar-refractivity contribution in [2.45, 2.75) is 6.54 Å². The van der Waals surface area contributed by atoms with E-state index in [0.29, 0.717) is 13.2 Å². The molecule has 102 valence electrons. The van der Waals surface area contributed by atoms with Gasteiger partial charge in [0.05, 0.1) is 23.3 Å². The van der Waals surface area contributed by atoms with Gasteiger partial charge in [-0.1, -0.05) is 11.3 Å². The molecule has 0 aliphatic carbocycles. The second-order valence-electron chi connectivity index (χ2n) is 4.24. The van der Waals surface area contributed by atoms with E-state index in [1.54, 1.807) is 17.5 Å². The molecule has 2 N–H and O–H groups in total. The Morgan fingerprint density at radius 2 is 2.05 bits per heavy atom. The van der Waals surface area contributed by atoms with Gasteiger partial charge < -0.3 is 10.5 Å². The van der Waals surface area contributed by atoms with Gasteiger partial charge in [-0.25, -0.2) is 4.68 Å². The van der Waals surface area contributed by atoms with E-state index in [-0.39, 0.29) is 0 Å². The fraction of sp³-hybridized carbons (Fsp3) is 0.143. The molecule has 6 heteroatoms. The molecule has 3 rings (SSSR count). The average Bonchev–Trinajstić information content (AvgIpc) is 3.11. The van der Waals surface area contributed by atoms with E-state index >= 15 is 0 Å². The molecule has 0 atom stereocenters. The predicted molar refractivity (Wildman–Crippen MR) is 79.7 cm³/mol. The van der Waals surface area contributed by atoms with E-state index in [0.717, 1.165) is 22.0 Å². The van der Waals surface area contributed by atoms with Crippen molar-refractivity contribution in [3.8, 4) is 16.3 Å². The minimum atomic E-state index is 0.533. The van der Waals surface area contributed by atoms with Crippen molar-refractivity contribution in [1.29, 1.82) is 0 Å². The van der Waals surface area contributed by atoms with Gasteiger partial charge in [0.25, 0.3) is 0 Å². The highest BCUT2D eigenvalue weighted by atomic mass is 32.1. The summed E-state index contributed by atoms with van der Waals surface area (Å²) in [4.78, 5) is 1.16. The quantitative estimate of drug-likeness (QED) is 0.732. The Bertz CT molecular complexity index is 661. The second-order valence-corrected chi connectivity index (χ2v) is 5.18. The highest BCUT2D eigenvalue weighted by Crippen LogP contribution is 2.23. The van der Waals surface area contributed by atoms with Crippen LogP contribution in [0.1, 0.15) is 0 Å². The van der Waals surface area contributed by atoms with Crippen LogP contribution in [0.2, 0.25) is 0 Å². The van der Waals surface area contributed by atoms with Crippen molar-refractivity contribution in [2.24, 2.45) is 0 Å². The number of benzene rings is 1. The highest BCUT2D eigenvalue weighted by Gasteiger charge is 2.07. The lowest BCUT2D eigenvalue weighted by Crippen LogP contribution is -2.10. The molecule has 0 aliphatic rings. The van der Waals surface area contributed by atoms with E-state index in [9.17, 15) is 0 Å². The lowest BCUT2D eigenvalue weighted by molar-refractivity contribution is 0.290. The number of anilines is 1. The molecule has 0 radical (unpaired) electrons. The predicted octanol–water partition coefficient (Wildman–Crippen LogP) is 2.67. The van der Waals surface area contributed by atoms with Crippen molar-refractivity contribution < 1.29 is 4.74 Å². The molecule has 0 saturated carbocycles. The monoisotopic (exact) mass is 286 g/mol. The van der Waals surface area contributed by atoms with Crippen molar-refractivity contribution in [1.82, 2.24) is 15.0 Å². The Morgan fingerprint density at radius 1 is 1.20 bits per heavy atom. The maximum Gasteiger partial charge on any atom is 0.119 e. The molecule has 0 unspecified atom stereocenters. The molecule has 5 nitrogen and oxygen atoms in total. The molecule has 1 aromatic carbocycles. The minimum absolute atomic E-state index is 0.533. The van der Waals surface area contributed by atoms with Crippen molar-refractivity contribution in [3.63, 3.8) is 0 Å². The van der Waals surface area contributed by atoms with Crippen molar-refractivity contribution in [3.05, 3.63) is 48.0 Å². The first-order valence-electron chi connectivity index (χ1n) is 6.23. The lowest BCUT2D eigenvalue weighted by atomic mass is 10.3. The normalized spacial score (nSPS) is 10.6. The summed E-state index contributed by atoms with van der Waals surface area (Å²) >= 11 is 1.67. The summed E-state index contributed by atoms with van der Waals surface area (Å²) in [5, 5.41) is 10.1. The summed E-state index contributed by atoms with van der Waals surface area (Å²) in [7, 11) is 0. The molecule has 0 bridgehead atoms. The molecule has 0 saturated heterocycles. The summed E-state index contributed by atoms with van der Waals surface area (Å²) in [5.41, 5.74) is 7.37. The van der Waals surface area contributed by atoms with Gasteiger partial charge in [0.1, 0.15) is 12.4 Å². The third-order valence-corrected chi connectivity index (χ3v) is 3.74. The Balaban J connectivity index is 1.62. The number of hydrogen-bond donors (Lipinski definition) is 1. The molecule has 3 aromatic rings. The average molecular weight is 286 g/mol. The minimum Gasteiger partial charge on any atom is -0.492 e. The van der Waals surface area contributed by atoms with Crippen LogP contribution < -0.4 is 10.5 Å². The first-order chi connectivity index (χ1) is 9.83. The van der Waals surface area contributed by atoms with E-state index in [1.165, 1.54) is 0 Å². The zero-order valence-electron chi connectivity index (χ0n) is 10.8. The van der Waals surface area contributed by atoms with Gasteiger partial charge in [0.2, 0.25) is 0 Å². The second kappa shape index (κ2) is 5.75. The number of aromatic nitrogens is 3. The van der Waals surface area contributed by atoms with Crippen molar-refractivity contribution >= 4 is 17.0 Å². The molecular formula is C14H14N4OS. The number of rotatable bonds is 5. The van der Waals surface area contributed by atoms with Crippen LogP contribution in [0.3, 0.4) is 0 Å². The summed E-state index contributed by atoms with van der Waals surface area (Å²) in [6.45, 7) is 1.18. The fourth-order valence-electron chi connectivity index (χ4n) is 1.85. The maximum atomic E-state index is 5.67. The van der Waals surface area contributed by atoms with Crippen LogP contribution >= 0.6 is 11.3 Å². The Hall–Kier alpha value is -2.34. The first kappa shape index (κ1) is 12.7. The van der Waals surface area contributed by atoms with Gasteiger partial charge >= 0.3 is 0 Å². The van der Waals surface area contributed by atoms with Gasteiger partial charge in [-0.3, -0.25) is 0 Å². The van der Waals surface area contributed by atoms with Gasteiger partial charge in [0, 0.05) is 5.69 Å². The van der Waals surface area contributed by atoms with E-state index in [2.05, 4.69) is 16.4 Å². The van der Waals surface area contributed by atoms with Crippen LogP contribution in [-0.4, -0.2) is 21.6 Å². The molecular weight excluding hydrogens is 272 g/mol. The number of nitrogens with zero attached hydrogens (tertiary/aromatic N) is 3. The fourth-order valence-corrected chi connectivity index (χ4v) is 2.59. The molecule has 20 heavy (non-hydrogen) atoms. The Labute approximate surface area is 120 Å². The summed E-state index contributed by atoms with van der Waals surface area (Å²) < 4.78 is 7.52. The number of thiophene rings is 1. The lowest BCUT2D eigenvalue weighted by Gasteiger charge is -2.07. The van der Waals surface area contributed by atoms with E-state index in [1.807, 2.05) is 40.4 Å². The largest absolute Gasteiger partial charge is 0.492 e. The molecule has 2 aromatic heterocycles. The van der Waals surface area contributed by atoms with Crippen LogP contribution in [0.5, 0.6) is 5.75 Å². The van der Waals surface area contributed by atoms with E-state index < -0.39 is 0 Å². The third kappa shape index (κ3) is 2.80. The number of nitrogens with two attached hydrogens (primary N) is 1. The van der Waals surface area contributed by atoms with Crippen LogP contribution in [0.25, 0.3) is 10.6 Å². The van der Waals surface area contributed by atoms with Crippen molar-refractivity contribution in [2.75, 3.05) is 12.3 Å². The molecule has 2 heterocycles. The van der Waals surface area contributed by atoms with Gasteiger partial charge in [-0.2, -0.15) is 0 Å². The van der Waals surface area contributed by atoms with Crippen LogP contribution in [0.15, 0.2) is 48.0 Å². The van der Waals surface area contributed by atoms with Gasteiger partial charge in [0.15, 0.2) is 0 Å². The summed E-state index contributed by atoms with van der Waals surface area (Å²) in [6.07, 6.45) is 1.77. The number of ether oxygens (including phenoxy) is 1. The summed E-state index contributed by atoms with van der Waals surface area (Å²) in [6, 6.07) is 11.4. The van der Waals surface area contributed by atoms with Crippen LogP contribution in [0, 0.1) is 0 Å². The molecule has 0 fully saturated rings. The number of hydrogen-bond acceptors (Lipinski definition) is 5. The SMILES string of the molecule is Nc1ccc(OCCn2nncc2-c2cccs2)cc1. The van der Waals surface area contributed by atoms with Crippen LogP contribution in [-0.2, 0) is 6.54 Å². The molecule has 0 amide bonds. The zero-order valence-corrected chi connectivity index (χ0v) is 11.6. The first-order valence-corrected chi connectivity index (χ1v) is 7.11. The topological polar surface area (TPSA) is 66.0 Å². The van der Waals surface area contributed by atoms with Gasteiger partial charge in [-0.15, -0.1) is 16.4 Å². The van der Waals surface area contributed by atoms with E-state index in [4.69, 9.17) is 10.5 Å². The smallest absolute Gasteiger partial charge is 0.119 e. The third-order valence-electron chi connectivity index (χ3n) is 2.84. The highest BCUT2D eigenvalue weighted by molar-refractivity contribution is 7.13. The Morgan fingerprint density at radius 3 is 2.80 bits per heavy atom. The zero-order chi connectivity index (χ0) is 13.8. The standard InChI is InChI=1S/C14H14N4OS/c15-11-3-5-12(6-4-11)19-8-7-18-13(10-16-17-18)14-2-1-9-20-14/h1-6,9-10H,7-8,15H2.